The summed E-state index contributed by atoms with van der Waals surface area (Å²) in [5, 5.41) is 21.9. The number of carbonyl (C=O) groups is 2. The van der Waals surface area contributed by atoms with Gasteiger partial charge in [0.25, 0.3) is 5.91 Å². The maximum atomic E-state index is 12.3. The van der Waals surface area contributed by atoms with Crippen LogP contribution < -0.4 is 5.32 Å². The molecule has 1 aromatic rings. The molecule has 0 saturated carbocycles. The van der Waals surface area contributed by atoms with Gasteiger partial charge in [0.05, 0.1) is 5.56 Å². The SMILES string of the molecule is CC(=O)NCC1CCN(C(=O)c2cc(O)ccc2O)CC1. The van der Waals surface area contributed by atoms with Crippen LogP contribution in [0.2, 0.25) is 0 Å². The van der Waals surface area contributed by atoms with E-state index >= 15 is 0 Å². The Kier molecular flexibility index (Phi) is 4.67. The van der Waals surface area contributed by atoms with Gasteiger partial charge in [-0.1, -0.05) is 0 Å². The molecule has 1 fully saturated rings. The molecule has 1 aliphatic heterocycles. The number of nitrogens with zero attached hydrogens (tertiary/aromatic N) is 1. The Balaban J connectivity index is 1.94. The maximum absolute atomic E-state index is 12.3. The van der Waals surface area contributed by atoms with E-state index in [4.69, 9.17) is 0 Å². The first-order valence-corrected chi connectivity index (χ1v) is 7.03. The molecule has 2 rings (SSSR count). The molecule has 1 aromatic carbocycles. The third-order valence-corrected chi connectivity index (χ3v) is 3.75. The number of amides is 2. The van der Waals surface area contributed by atoms with Crippen LogP contribution in [0.5, 0.6) is 11.5 Å². The normalized spacial score (nSPS) is 15.8. The molecule has 0 radical (unpaired) electrons. The second-order valence-corrected chi connectivity index (χ2v) is 5.37. The van der Waals surface area contributed by atoms with Crippen molar-refractivity contribution in [3.8, 4) is 11.5 Å². The quantitative estimate of drug-likeness (QED) is 0.727. The van der Waals surface area contributed by atoms with Crippen molar-refractivity contribution >= 4 is 11.8 Å². The van der Waals surface area contributed by atoms with Gasteiger partial charge in [0.1, 0.15) is 11.5 Å². The molecule has 1 heterocycles. The lowest BCUT2D eigenvalue weighted by molar-refractivity contribution is -0.119. The molecule has 1 aliphatic rings. The van der Waals surface area contributed by atoms with Crippen LogP contribution in [-0.2, 0) is 4.79 Å². The molecule has 0 atom stereocenters. The molecule has 2 amide bonds. The maximum Gasteiger partial charge on any atom is 0.257 e. The number of piperidine rings is 1. The minimum Gasteiger partial charge on any atom is -0.508 e. The van der Waals surface area contributed by atoms with Crippen LogP contribution in [-0.4, -0.2) is 46.6 Å². The van der Waals surface area contributed by atoms with E-state index in [0.29, 0.717) is 25.6 Å². The molecule has 0 aromatic heterocycles. The Bertz CT molecular complexity index is 536. The molecular formula is C15H20N2O4. The fraction of sp³-hybridized carbons (Fsp3) is 0.467. The lowest BCUT2D eigenvalue weighted by Gasteiger charge is -2.32. The molecule has 0 unspecified atom stereocenters. The summed E-state index contributed by atoms with van der Waals surface area (Å²) in [5.74, 6) is -0.120. The summed E-state index contributed by atoms with van der Waals surface area (Å²) in [6.07, 6.45) is 1.62. The van der Waals surface area contributed by atoms with Crippen molar-refractivity contribution in [1.82, 2.24) is 10.2 Å². The van der Waals surface area contributed by atoms with Crippen LogP contribution in [0.4, 0.5) is 0 Å². The minimum absolute atomic E-state index is 0.0433. The molecule has 0 spiro atoms. The fourth-order valence-electron chi connectivity index (χ4n) is 2.49. The molecule has 3 N–H and O–H groups in total. The number of carbonyl (C=O) groups excluding carboxylic acids is 2. The van der Waals surface area contributed by atoms with Crippen LogP contribution in [0.25, 0.3) is 0 Å². The molecule has 0 aliphatic carbocycles. The zero-order chi connectivity index (χ0) is 15.4. The standard InChI is InChI=1S/C15H20N2O4/c1-10(18)16-9-11-4-6-17(7-5-11)15(21)13-8-12(19)2-3-14(13)20/h2-3,8,11,19-20H,4-7,9H2,1H3,(H,16,18). The molecule has 6 nitrogen and oxygen atoms in total. The molecule has 0 bridgehead atoms. The summed E-state index contributed by atoms with van der Waals surface area (Å²) >= 11 is 0. The molecule has 1 saturated heterocycles. The zero-order valence-electron chi connectivity index (χ0n) is 12.0. The third-order valence-electron chi connectivity index (χ3n) is 3.75. The van der Waals surface area contributed by atoms with Gasteiger partial charge in [-0.2, -0.15) is 0 Å². The van der Waals surface area contributed by atoms with E-state index in [2.05, 4.69) is 5.32 Å². The smallest absolute Gasteiger partial charge is 0.257 e. The first kappa shape index (κ1) is 15.2. The summed E-state index contributed by atoms with van der Waals surface area (Å²) in [5.41, 5.74) is 0.121. The minimum atomic E-state index is -0.277. The fourth-order valence-corrected chi connectivity index (χ4v) is 2.49. The summed E-state index contributed by atoms with van der Waals surface area (Å²) in [6, 6.07) is 3.93. The molecular weight excluding hydrogens is 272 g/mol. The van der Waals surface area contributed by atoms with Crippen LogP contribution in [0, 0.1) is 5.92 Å². The lowest BCUT2D eigenvalue weighted by atomic mass is 9.96. The highest BCUT2D eigenvalue weighted by molar-refractivity contribution is 5.97. The predicted molar refractivity (Wildman–Crippen MR) is 77.1 cm³/mol. The van der Waals surface area contributed by atoms with Gasteiger partial charge in [0, 0.05) is 26.6 Å². The van der Waals surface area contributed by atoms with Crippen molar-refractivity contribution in [2.75, 3.05) is 19.6 Å². The number of phenolic OH excluding ortho intramolecular Hbond substituents is 2. The van der Waals surface area contributed by atoms with E-state index in [1.54, 1.807) is 4.90 Å². The largest absolute Gasteiger partial charge is 0.508 e. The Morgan fingerprint density at radius 2 is 1.95 bits per heavy atom. The van der Waals surface area contributed by atoms with Gasteiger partial charge in [-0.05, 0) is 37.0 Å². The van der Waals surface area contributed by atoms with Crippen LogP contribution >= 0.6 is 0 Å². The summed E-state index contributed by atoms with van der Waals surface area (Å²) in [4.78, 5) is 24.9. The van der Waals surface area contributed by atoms with Crippen molar-refractivity contribution in [3.63, 3.8) is 0 Å². The average molecular weight is 292 g/mol. The van der Waals surface area contributed by atoms with Gasteiger partial charge in [0.2, 0.25) is 5.91 Å². The Labute approximate surface area is 123 Å². The van der Waals surface area contributed by atoms with Gasteiger partial charge in [-0.3, -0.25) is 9.59 Å². The van der Waals surface area contributed by atoms with Crippen molar-refractivity contribution < 1.29 is 19.8 Å². The summed E-state index contributed by atoms with van der Waals surface area (Å²) in [7, 11) is 0. The second kappa shape index (κ2) is 6.47. The number of rotatable bonds is 3. The molecule has 114 valence electrons. The number of benzene rings is 1. The van der Waals surface area contributed by atoms with Crippen molar-refractivity contribution in [2.24, 2.45) is 5.92 Å². The van der Waals surface area contributed by atoms with E-state index in [-0.39, 0.29) is 28.9 Å². The van der Waals surface area contributed by atoms with Crippen LogP contribution in [0.3, 0.4) is 0 Å². The van der Waals surface area contributed by atoms with Crippen molar-refractivity contribution in [3.05, 3.63) is 23.8 Å². The van der Waals surface area contributed by atoms with Gasteiger partial charge in [-0.25, -0.2) is 0 Å². The third kappa shape index (κ3) is 3.87. The van der Waals surface area contributed by atoms with Gasteiger partial charge >= 0.3 is 0 Å². The number of hydrogen-bond donors (Lipinski definition) is 3. The summed E-state index contributed by atoms with van der Waals surface area (Å²) < 4.78 is 0. The Morgan fingerprint density at radius 3 is 2.57 bits per heavy atom. The van der Waals surface area contributed by atoms with Crippen LogP contribution in [0.15, 0.2) is 18.2 Å². The average Bonchev–Trinajstić information content (AvgIpc) is 2.47. The van der Waals surface area contributed by atoms with E-state index in [9.17, 15) is 19.8 Å². The number of nitrogens with one attached hydrogen (secondary N) is 1. The van der Waals surface area contributed by atoms with E-state index in [1.165, 1.54) is 25.1 Å². The number of likely N-dealkylation sites (tertiary alicyclic amines) is 1. The highest BCUT2D eigenvalue weighted by Gasteiger charge is 2.25. The van der Waals surface area contributed by atoms with E-state index < -0.39 is 0 Å². The van der Waals surface area contributed by atoms with Gasteiger partial charge in [0.15, 0.2) is 0 Å². The molecule has 6 heteroatoms. The highest BCUT2D eigenvalue weighted by Crippen LogP contribution is 2.25. The predicted octanol–water partition coefficient (Wildman–Crippen LogP) is 1.09. The molecule has 21 heavy (non-hydrogen) atoms. The van der Waals surface area contributed by atoms with E-state index in [0.717, 1.165) is 12.8 Å². The second-order valence-electron chi connectivity index (χ2n) is 5.37. The Morgan fingerprint density at radius 1 is 1.29 bits per heavy atom. The number of phenols is 2. The van der Waals surface area contributed by atoms with Gasteiger partial charge in [-0.15, -0.1) is 0 Å². The zero-order valence-corrected chi connectivity index (χ0v) is 12.0. The van der Waals surface area contributed by atoms with Gasteiger partial charge < -0.3 is 20.4 Å². The number of aromatic hydroxyl groups is 2. The lowest BCUT2D eigenvalue weighted by Crippen LogP contribution is -2.41. The van der Waals surface area contributed by atoms with E-state index in [1.807, 2.05) is 0 Å². The first-order valence-electron chi connectivity index (χ1n) is 7.03. The summed E-state index contributed by atoms with van der Waals surface area (Å²) in [6.45, 7) is 3.29. The Hall–Kier alpha value is -2.24. The van der Waals surface area contributed by atoms with Crippen molar-refractivity contribution in [1.29, 1.82) is 0 Å². The van der Waals surface area contributed by atoms with Crippen LogP contribution in [0.1, 0.15) is 30.1 Å². The monoisotopic (exact) mass is 292 g/mol. The number of hydrogen-bond acceptors (Lipinski definition) is 4. The first-order chi connectivity index (χ1) is 9.97. The highest BCUT2D eigenvalue weighted by atomic mass is 16.3. The van der Waals surface area contributed by atoms with Crippen molar-refractivity contribution in [2.45, 2.75) is 19.8 Å². The topological polar surface area (TPSA) is 89.9 Å².